The summed E-state index contributed by atoms with van der Waals surface area (Å²) in [6.45, 7) is 5.34. The van der Waals surface area contributed by atoms with Crippen molar-refractivity contribution >= 4 is 33.2 Å². The van der Waals surface area contributed by atoms with Gasteiger partial charge in [-0.25, -0.2) is 13.1 Å². The summed E-state index contributed by atoms with van der Waals surface area (Å²) >= 11 is 6.18. The minimum Gasteiger partial charge on any atom is -0.471 e. The Morgan fingerprint density at radius 3 is 2.41 bits per heavy atom. The fraction of sp³-hybridized carbons (Fsp3) is 0.304. The number of rotatable bonds is 7. The Bertz CT molecular complexity index is 1260. The summed E-state index contributed by atoms with van der Waals surface area (Å²) in [5.74, 6) is 0.244. The van der Waals surface area contributed by atoms with E-state index in [4.69, 9.17) is 21.1 Å². The first-order chi connectivity index (χ1) is 16.2. The minimum absolute atomic E-state index is 0.127. The van der Waals surface area contributed by atoms with E-state index in [1.165, 1.54) is 21.1 Å². The highest BCUT2D eigenvalue weighted by Crippen LogP contribution is 2.26. The van der Waals surface area contributed by atoms with Crippen LogP contribution in [0.1, 0.15) is 21.6 Å². The molecule has 3 aromatic rings. The standard InChI is InChI=1S/C23H25ClN4O5S/c1-16-13-19(14-17(2)22(16)24)33-15-27-8-7-21(26-27)23(29)25-18-3-5-20(6-4-18)34(30,31)28-9-11-32-12-10-28/h3-8,13-14H,9-12,15H2,1-2H3,(H,25,29). The maximum atomic E-state index is 12.7. The van der Waals surface area contributed by atoms with E-state index in [2.05, 4.69) is 10.4 Å². The first kappa shape index (κ1) is 24.2. The number of aryl methyl sites for hydroxylation is 2. The second kappa shape index (κ2) is 10.1. The molecule has 11 heteroatoms. The molecule has 1 amide bonds. The van der Waals surface area contributed by atoms with Crippen LogP contribution >= 0.6 is 11.6 Å². The highest BCUT2D eigenvalue weighted by molar-refractivity contribution is 7.89. The highest BCUT2D eigenvalue weighted by atomic mass is 35.5. The molecule has 1 aromatic heterocycles. The molecule has 180 valence electrons. The number of carbonyl (C=O) groups is 1. The number of anilines is 1. The zero-order valence-electron chi connectivity index (χ0n) is 18.8. The Hall–Kier alpha value is -2.92. The molecule has 1 N–H and O–H groups in total. The molecule has 4 rings (SSSR count). The van der Waals surface area contributed by atoms with E-state index in [0.717, 1.165) is 11.1 Å². The van der Waals surface area contributed by atoms with Crippen molar-refractivity contribution < 1.29 is 22.7 Å². The number of sulfonamides is 1. The predicted octanol–water partition coefficient (Wildman–Crippen LogP) is 3.46. The van der Waals surface area contributed by atoms with Gasteiger partial charge in [-0.2, -0.15) is 9.40 Å². The summed E-state index contributed by atoms with van der Waals surface area (Å²) in [6.07, 6.45) is 1.64. The fourth-order valence-corrected chi connectivity index (χ4v) is 5.04. The second-order valence-corrected chi connectivity index (χ2v) is 10.2. The quantitative estimate of drug-likeness (QED) is 0.528. The highest BCUT2D eigenvalue weighted by Gasteiger charge is 2.26. The number of aromatic nitrogens is 2. The summed E-state index contributed by atoms with van der Waals surface area (Å²) in [6, 6.07) is 11.3. The molecular weight excluding hydrogens is 480 g/mol. The van der Waals surface area contributed by atoms with E-state index in [0.29, 0.717) is 42.8 Å². The maximum absolute atomic E-state index is 12.7. The molecule has 9 nitrogen and oxygen atoms in total. The summed E-state index contributed by atoms with van der Waals surface area (Å²) in [5, 5.41) is 7.67. The van der Waals surface area contributed by atoms with Crippen molar-refractivity contribution in [1.82, 2.24) is 14.1 Å². The van der Waals surface area contributed by atoms with E-state index in [9.17, 15) is 13.2 Å². The number of carbonyl (C=O) groups excluding carboxylic acids is 1. The molecule has 1 saturated heterocycles. The van der Waals surface area contributed by atoms with E-state index in [1.807, 2.05) is 26.0 Å². The van der Waals surface area contributed by atoms with Gasteiger partial charge < -0.3 is 14.8 Å². The molecule has 1 aliphatic rings. The van der Waals surface area contributed by atoms with Crippen LogP contribution in [0.5, 0.6) is 5.75 Å². The molecule has 0 atom stereocenters. The van der Waals surface area contributed by atoms with Crippen molar-refractivity contribution in [3.63, 3.8) is 0 Å². The zero-order valence-corrected chi connectivity index (χ0v) is 20.4. The lowest BCUT2D eigenvalue weighted by atomic mass is 10.1. The van der Waals surface area contributed by atoms with Gasteiger partial charge in [-0.05, 0) is 67.4 Å². The van der Waals surface area contributed by atoms with Crippen molar-refractivity contribution in [2.24, 2.45) is 0 Å². The molecule has 0 radical (unpaired) electrons. The zero-order chi connectivity index (χ0) is 24.3. The summed E-state index contributed by atoms with van der Waals surface area (Å²) in [7, 11) is -3.59. The van der Waals surface area contributed by atoms with Crippen LogP contribution < -0.4 is 10.1 Å². The van der Waals surface area contributed by atoms with Gasteiger partial charge in [-0.1, -0.05) is 11.6 Å². The van der Waals surface area contributed by atoms with Gasteiger partial charge in [0.15, 0.2) is 12.4 Å². The average molecular weight is 505 g/mol. The van der Waals surface area contributed by atoms with Crippen molar-refractivity contribution in [3.8, 4) is 5.75 Å². The Morgan fingerprint density at radius 2 is 1.76 bits per heavy atom. The summed E-state index contributed by atoms with van der Waals surface area (Å²) < 4.78 is 39.3. The smallest absolute Gasteiger partial charge is 0.276 e. The molecule has 0 bridgehead atoms. The number of nitrogens with zero attached hydrogens (tertiary/aromatic N) is 3. The lowest BCUT2D eigenvalue weighted by molar-refractivity contribution is 0.0730. The van der Waals surface area contributed by atoms with Gasteiger partial charge in [0.2, 0.25) is 10.0 Å². The third kappa shape index (κ3) is 5.41. The van der Waals surface area contributed by atoms with Crippen LogP contribution in [0.15, 0.2) is 53.6 Å². The summed E-state index contributed by atoms with van der Waals surface area (Å²) in [4.78, 5) is 12.7. The first-order valence-electron chi connectivity index (χ1n) is 10.7. The molecule has 0 saturated carbocycles. The number of morpholine rings is 1. The number of hydrogen-bond donors (Lipinski definition) is 1. The predicted molar refractivity (Wildman–Crippen MR) is 128 cm³/mol. The largest absolute Gasteiger partial charge is 0.471 e. The number of hydrogen-bond acceptors (Lipinski definition) is 6. The van der Waals surface area contributed by atoms with Gasteiger partial charge in [0.05, 0.1) is 18.1 Å². The molecule has 1 aliphatic heterocycles. The molecule has 1 fully saturated rings. The first-order valence-corrected chi connectivity index (χ1v) is 12.5. The van der Waals surface area contributed by atoms with Gasteiger partial charge in [0.25, 0.3) is 5.91 Å². The SMILES string of the molecule is Cc1cc(OCn2ccc(C(=O)Nc3ccc(S(=O)(=O)N4CCOCC4)cc3)n2)cc(C)c1Cl. The van der Waals surface area contributed by atoms with Crippen LogP contribution in [0.3, 0.4) is 0 Å². The monoisotopic (exact) mass is 504 g/mol. The molecule has 0 aliphatic carbocycles. The van der Waals surface area contributed by atoms with Gasteiger partial charge in [-0.3, -0.25) is 4.79 Å². The number of amides is 1. The Kier molecular flexibility index (Phi) is 7.22. The van der Waals surface area contributed by atoms with E-state index >= 15 is 0 Å². The van der Waals surface area contributed by atoms with E-state index in [-0.39, 0.29) is 17.3 Å². The number of nitrogens with one attached hydrogen (secondary N) is 1. The van der Waals surface area contributed by atoms with E-state index < -0.39 is 15.9 Å². The molecule has 0 unspecified atom stereocenters. The second-order valence-electron chi connectivity index (χ2n) is 7.88. The topological polar surface area (TPSA) is 103 Å². The number of ether oxygens (including phenoxy) is 2. The Morgan fingerprint density at radius 1 is 1.12 bits per heavy atom. The van der Waals surface area contributed by atoms with Crippen LogP contribution in [-0.2, 0) is 21.5 Å². The van der Waals surface area contributed by atoms with Gasteiger partial charge in [0, 0.05) is 30.0 Å². The average Bonchev–Trinajstić information content (AvgIpc) is 3.31. The third-order valence-corrected chi connectivity index (χ3v) is 7.88. The van der Waals surface area contributed by atoms with Crippen LogP contribution in [-0.4, -0.2) is 54.7 Å². The third-order valence-electron chi connectivity index (χ3n) is 5.37. The van der Waals surface area contributed by atoms with E-state index in [1.54, 1.807) is 24.4 Å². The van der Waals surface area contributed by atoms with Gasteiger partial charge in [-0.15, -0.1) is 0 Å². The van der Waals surface area contributed by atoms with Crippen LogP contribution in [0.4, 0.5) is 5.69 Å². The van der Waals surface area contributed by atoms with Crippen LogP contribution in [0.25, 0.3) is 0 Å². The van der Waals surface area contributed by atoms with Crippen molar-refractivity contribution in [2.45, 2.75) is 25.5 Å². The van der Waals surface area contributed by atoms with Crippen LogP contribution in [0, 0.1) is 13.8 Å². The van der Waals surface area contributed by atoms with Crippen molar-refractivity contribution in [1.29, 1.82) is 0 Å². The summed E-state index contributed by atoms with van der Waals surface area (Å²) in [5.41, 5.74) is 2.50. The molecular formula is C23H25ClN4O5S. The number of benzene rings is 2. The molecule has 0 spiro atoms. The Labute approximate surface area is 203 Å². The van der Waals surface area contributed by atoms with Crippen molar-refractivity contribution in [2.75, 3.05) is 31.6 Å². The lowest BCUT2D eigenvalue weighted by Crippen LogP contribution is -2.40. The molecule has 2 heterocycles. The minimum atomic E-state index is -3.59. The van der Waals surface area contributed by atoms with Crippen molar-refractivity contribution in [3.05, 3.63) is 70.5 Å². The lowest BCUT2D eigenvalue weighted by Gasteiger charge is -2.26. The number of halogens is 1. The molecule has 34 heavy (non-hydrogen) atoms. The maximum Gasteiger partial charge on any atom is 0.276 e. The van der Waals surface area contributed by atoms with Crippen LogP contribution in [0.2, 0.25) is 5.02 Å². The fourth-order valence-electron chi connectivity index (χ4n) is 3.53. The normalized spacial score (nSPS) is 14.7. The molecule has 2 aromatic carbocycles. The Balaban J connectivity index is 1.36. The van der Waals surface area contributed by atoms with Gasteiger partial charge >= 0.3 is 0 Å². The van der Waals surface area contributed by atoms with Gasteiger partial charge in [0.1, 0.15) is 5.75 Å².